The van der Waals surface area contributed by atoms with E-state index in [1.807, 2.05) is 35.7 Å². The average Bonchev–Trinajstić information content (AvgIpc) is 3.13. The highest BCUT2D eigenvalue weighted by molar-refractivity contribution is 7.13. The number of methoxy groups -OCH3 is 2. The summed E-state index contributed by atoms with van der Waals surface area (Å²) in [5, 5.41) is 5.99. The number of nitrogens with two attached hydrogens (primary N) is 1. The van der Waals surface area contributed by atoms with Crippen molar-refractivity contribution in [3.8, 4) is 33.2 Å². The maximum Gasteiger partial charge on any atom is 0.230 e. The third-order valence-corrected chi connectivity index (χ3v) is 4.05. The molecule has 0 saturated heterocycles. The molecule has 21 heavy (non-hydrogen) atoms. The van der Waals surface area contributed by atoms with Crippen LogP contribution in [0.25, 0.3) is 21.7 Å². The molecule has 0 aliphatic rings. The Labute approximate surface area is 125 Å². The van der Waals surface area contributed by atoms with Gasteiger partial charge < -0.3 is 19.7 Å². The summed E-state index contributed by atoms with van der Waals surface area (Å²) in [6, 6.07) is 9.53. The fraction of sp³-hybridized carbons (Fsp3) is 0.133. The highest BCUT2D eigenvalue weighted by Crippen LogP contribution is 2.43. The minimum absolute atomic E-state index is 0.266. The molecule has 0 amide bonds. The predicted molar refractivity (Wildman–Crippen MR) is 82.8 cm³/mol. The van der Waals surface area contributed by atoms with Gasteiger partial charge in [0.05, 0.1) is 24.7 Å². The van der Waals surface area contributed by atoms with Crippen molar-refractivity contribution in [1.29, 1.82) is 0 Å². The molecule has 3 rings (SSSR count). The van der Waals surface area contributed by atoms with E-state index in [0.29, 0.717) is 5.69 Å². The first-order chi connectivity index (χ1) is 10.2. The van der Waals surface area contributed by atoms with Crippen LogP contribution >= 0.6 is 11.3 Å². The summed E-state index contributed by atoms with van der Waals surface area (Å²) in [5.74, 6) is 1.77. The zero-order valence-corrected chi connectivity index (χ0v) is 12.4. The van der Waals surface area contributed by atoms with E-state index < -0.39 is 0 Å². The van der Waals surface area contributed by atoms with Crippen molar-refractivity contribution < 1.29 is 14.0 Å². The van der Waals surface area contributed by atoms with E-state index in [1.54, 1.807) is 14.2 Å². The van der Waals surface area contributed by atoms with Crippen LogP contribution in [0.2, 0.25) is 0 Å². The maximum absolute atomic E-state index is 5.96. The predicted octanol–water partition coefficient (Wildman–Crippen LogP) is 3.67. The van der Waals surface area contributed by atoms with Gasteiger partial charge in [-0.3, -0.25) is 0 Å². The summed E-state index contributed by atoms with van der Waals surface area (Å²) in [7, 11) is 3.25. The Hall–Kier alpha value is -2.47. The summed E-state index contributed by atoms with van der Waals surface area (Å²) in [4.78, 5) is 0.924. The molecular weight excluding hydrogens is 288 g/mol. The Balaban J connectivity index is 2.17. The number of rotatable bonds is 4. The largest absolute Gasteiger partial charge is 0.496 e. The number of hydrogen-bond acceptors (Lipinski definition) is 6. The molecule has 0 atom stereocenters. The molecule has 108 valence electrons. The van der Waals surface area contributed by atoms with Gasteiger partial charge in [-0.2, -0.15) is 0 Å². The van der Waals surface area contributed by atoms with Crippen molar-refractivity contribution in [2.24, 2.45) is 0 Å². The molecule has 3 aromatic rings. The first kappa shape index (κ1) is 13.5. The number of para-hydroxylation sites is 1. The molecule has 2 heterocycles. The molecule has 0 radical (unpaired) electrons. The molecule has 2 N–H and O–H groups in total. The van der Waals surface area contributed by atoms with Gasteiger partial charge in [0, 0.05) is 17.0 Å². The third-order valence-electron chi connectivity index (χ3n) is 3.14. The van der Waals surface area contributed by atoms with Gasteiger partial charge in [0.2, 0.25) is 5.88 Å². The second-order valence-corrected chi connectivity index (χ2v) is 5.23. The van der Waals surface area contributed by atoms with E-state index in [1.165, 1.54) is 11.3 Å². The van der Waals surface area contributed by atoms with E-state index in [4.69, 9.17) is 19.7 Å². The lowest BCUT2D eigenvalue weighted by atomic mass is 10.0. The van der Waals surface area contributed by atoms with Gasteiger partial charge in [-0.05, 0) is 6.07 Å². The van der Waals surface area contributed by atoms with Crippen LogP contribution < -0.4 is 15.2 Å². The maximum atomic E-state index is 5.96. The third kappa shape index (κ3) is 2.34. The molecule has 1 aromatic carbocycles. The second-order valence-electron chi connectivity index (χ2n) is 4.32. The van der Waals surface area contributed by atoms with Crippen molar-refractivity contribution in [2.45, 2.75) is 0 Å². The molecule has 0 spiro atoms. The summed E-state index contributed by atoms with van der Waals surface area (Å²) in [6.07, 6.45) is 0. The van der Waals surface area contributed by atoms with Gasteiger partial charge in [0.1, 0.15) is 17.2 Å². The number of hydrogen-bond donors (Lipinski definition) is 1. The standard InChI is InChI=1S/C15H14N2O3S/c1-18-9-7-12(21-8-9)14-13(15(16)20-17-14)10-5-3-4-6-11(10)19-2/h3-8H,16H2,1-2H3. The Morgan fingerprint density at radius 1 is 1.19 bits per heavy atom. The van der Waals surface area contributed by atoms with Crippen molar-refractivity contribution in [3.63, 3.8) is 0 Å². The molecule has 0 saturated carbocycles. The van der Waals surface area contributed by atoms with Crippen LogP contribution in [0.5, 0.6) is 11.5 Å². The highest BCUT2D eigenvalue weighted by atomic mass is 32.1. The van der Waals surface area contributed by atoms with E-state index in [9.17, 15) is 0 Å². The molecule has 0 fully saturated rings. The molecule has 0 unspecified atom stereocenters. The summed E-state index contributed by atoms with van der Waals surface area (Å²) in [5.41, 5.74) is 8.23. The Morgan fingerprint density at radius 2 is 2.00 bits per heavy atom. The van der Waals surface area contributed by atoms with Gasteiger partial charge in [-0.25, -0.2) is 0 Å². The number of anilines is 1. The van der Waals surface area contributed by atoms with Gasteiger partial charge in [-0.1, -0.05) is 23.4 Å². The van der Waals surface area contributed by atoms with Gasteiger partial charge in [0.15, 0.2) is 0 Å². The minimum atomic E-state index is 0.266. The van der Waals surface area contributed by atoms with E-state index >= 15 is 0 Å². The van der Waals surface area contributed by atoms with Crippen LogP contribution in [0.1, 0.15) is 0 Å². The monoisotopic (exact) mass is 302 g/mol. The average molecular weight is 302 g/mol. The number of nitrogens with zero attached hydrogens (tertiary/aromatic N) is 1. The first-order valence-corrected chi connectivity index (χ1v) is 7.14. The zero-order valence-electron chi connectivity index (χ0n) is 11.6. The molecule has 0 aliphatic heterocycles. The first-order valence-electron chi connectivity index (χ1n) is 6.26. The number of ether oxygens (including phenoxy) is 2. The van der Waals surface area contributed by atoms with Crippen molar-refractivity contribution in [1.82, 2.24) is 5.16 Å². The lowest BCUT2D eigenvalue weighted by Gasteiger charge is -2.07. The van der Waals surface area contributed by atoms with Crippen LogP contribution in [0.4, 0.5) is 5.88 Å². The Kier molecular flexibility index (Phi) is 3.53. The number of thiophene rings is 1. The summed E-state index contributed by atoms with van der Waals surface area (Å²) < 4.78 is 15.8. The van der Waals surface area contributed by atoms with E-state index in [2.05, 4.69) is 5.16 Å². The van der Waals surface area contributed by atoms with Crippen LogP contribution in [-0.4, -0.2) is 19.4 Å². The molecule has 0 bridgehead atoms. The van der Waals surface area contributed by atoms with Crippen LogP contribution in [0, 0.1) is 0 Å². The normalized spacial score (nSPS) is 10.6. The highest BCUT2D eigenvalue weighted by Gasteiger charge is 2.21. The second kappa shape index (κ2) is 5.49. The molecule has 6 heteroatoms. The SMILES string of the molecule is COc1csc(-c2noc(N)c2-c2ccccc2OC)c1. The van der Waals surface area contributed by atoms with Crippen molar-refractivity contribution in [2.75, 3.05) is 20.0 Å². The van der Waals surface area contributed by atoms with Gasteiger partial charge >= 0.3 is 0 Å². The Morgan fingerprint density at radius 3 is 2.71 bits per heavy atom. The summed E-state index contributed by atoms with van der Waals surface area (Å²) >= 11 is 1.52. The number of benzene rings is 1. The summed E-state index contributed by atoms with van der Waals surface area (Å²) in [6.45, 7) is 0. The molecular formula is C15H14N2O3S. The fourth-order valence-electron chi connectivity index (χ4n) is 2.13. The number of nitrogen functional groups attached to an aromatic ring is 1. The van der Waals surface area contributed by atoms with Crippen molar-refractivity contribution >= 4 is 17.2 Å². The minimum Gasteiger partial charge on any atom is -0.496 e. The van der Waals surface area contributed by atoms with Crippen LogP contribution in [0.15, 0.2) is 40.2 Å². The lowest BCUT2D eigenvalue weighted by molar-refractivity contribution is 0.416. The fourth-order valence-corrected chi connectivity index (χ4v) is 2.98. The quantitative estimate of drug-likeness (QED) is 0.796. The van der Waals surface area contributed by atoms with Crippen molar-refractivity contribution in [3.05, 3.63) is 35.7 Å². The molecule has 5 nitrogen and oxygen atoms in total. The van der Waals surface area contributed by atoms with E-state index in [-0.39, 0.29) is 5.88 Å². The molecule has 2 aromatic heterocycles. The number of aromatic nitrogens is 1. The van der Waals surface area contributed by atoms with Crippen LogP contribution in [0.3, 0.4) is 0 Å². The van der Waals surface area contributed by atoms with Gasteiger partial charge in [0.25, 0.3) is 0 Å². The van der Waals surface area contributed by atoms with Crippen LogP contribution in [-0.2, 0) is 0 Å². The zero-order chi connectivity index (χ0) is 14.8. The smallest absolute Gasteiger partial charge is 0.230 e. The molecule has 0 aliphatic carbocycles. The topological polar surface area (TPSA) is 70.5 Å². The lowest BCUT2D eigenvalue weighted by Crippen LogP contribution is -1.91. The van der Waals surface area contributed by atoms with E-state index in [0.717, 1.165) is 27.5 Å². The Bertz CT molecular complexity index is 764. The van der Waals surface area contributed by atoms with Gasteiger partial charge in [-0.15, -0.1) is 11.3 Å².